The van der Waals surface area contributed by atoms with Crippen LogP contribution in [0.5, 0.6) is 5.75 Å². The third kappa shape index (κ3) is 3.02. The molecule has 0 aliphatic heterocycles. The lowest BCUT2D eigenvalue weighted by Crippen LogP contribution is -2.22. The second kappa shape index (κ2) is 6.09. The number of rotatable bonds is 5. The topological polar surface area (TPSA) is 39.1 Å². The van der Waals surface area contributed by atoms with Crippen molar-refractivity contribution in [3.05, 3.63) is 47.3 Å². The van der Waals surface area contributed by atoms with Crippen molar-refractivity contribution in [2.24, 2.45) is 7.05 Å². The Morgan fingerprint density at radius 1 is 1.15 bits per heavy atom. The van der Waals surface area contributed by atoms with Crippen molar-refractivity contribution in [2.75, 3.05) is 7.11 Å². The Labute approximate surface area is 120 Å². The molecule has 20 heavy (non-hydrogen) atoms. The van der Waals surface area contributed by atoms with Gasteiger partial charge in [0.25, 0.3) is 0 Å². The van der Waals surface area contributed by atoms with Crippen molar-refractivity contribution in [3.63, 3.8) is 0 Å². The lowest BCUT2D eigenvalue weighted by atomic mass is 10.0. The minimum atomic E-state index is 0.265. The van der Waals surface area contributed by atoms with E-state index in [-0.39, 0.29) is 12.1 Å². The maximum Gasteiger partial charge on any atom is 0.118 e. The minimum absolute atomic E-state index is 0.265. The number of ether oxygens (including phenoxy) is 1. The molecule has 0 amide bonds. The highest BCUT2D eigenvalue weighted by atomic mass is 16.5. The molecule has 1 heterocycles. The minimum Gasteiger partial charge on any atom is -0.497 e. The summed E-state index contributed by atoms with van der Waals surface area (Å²) in [4.78, 5) is 0. The Bertz CT molecular complexity index is 560. The van der Waals surface area contributed by atoms with Crippen LogP contribution in [-0.2, 0) is 7.05 Å². The second-order valence-corrected chi connectivity index (χ2v) is 5.19. The molecule has 0 radical (unpaired) electrons. The van der Waals surface area contributed by atoms with Gasteiger partial charge in [-0.05, 0) is 38.5 Å². The van der Waals surface area contributed by atoms with Crippen LogP contribution in [-0.4, -0.2) is 16.9 Å². The predicted octanol–water partition coefficient (Wildman–Crippen LogP) is 3.15. The van der Waals surface area contributed by atoms with Crippen LogP contribution in [0.3, 0.4) is 0 Å². The number of hydrogen-bond acceptors (Lipinski definition) is 3. The largest absolute Gasteiger partial charge is 0.497 e. The summed E-state index contributed by atoms with van der Waals surface area (Å²) in [6, 6.07) is 8.72. The number of hydrogen-bond donors (Lipinski definition) is 1. The molecule has 0 bridgehead atoms. The highest BCUT2D eigenvalue weighted by molar-refractivity contribution is 5.29. The van der Waals surface area contributed by atoms with Gasteiger partial charge in [0.05, 0.1) is 13.3 Å². The highest BCUT2D eigenvalue weighted by Crippen LogP contribution is 2.22. The van der Waals surface area contributed by atoms with E-state index in [1.54, 1.807) is 7.11 Å². The molecule has 1 aromatic heterocycles. The Kier molecular flexibility index (Phi) is 4.45. The lowest BCUT2D eigenvalue weighted by Gasteiger charge is -2.20. The number of benzene rings is 1. The number of methoxy groups -OCH3 is 1. The third-order valence-corrected chi connectivity index (χ3v) is 3.86. The van der Waals surface area contributed by atoms with E-state index in [1.807, 2.05) is 30.1 Å². The molecular weight excluding hydrogens is 250 g/mol. The Hall–Kier alpha value is -1.81. The van der Waals surface area contributed by atoms with Gasteiger partial charge in [0.2, 0.25) is 0 Å². The smallest absolute Gasteiger partial charge is 0.118 e. The number of nitrogens with zero attached hydrogens (tertiary/aromatic N) is 2. The normalized spacial score (nSPS) is 14.1. The first-order valence-electron chi connectivity index (χ1n) is 6.91. The molecule has 0 saturated carbocycles. The molecule has 4 nitrogen and oxygen atoms in total. The summed E-state index contributed by atoms with van der Waals surface area (Å²) >= 11 is 0. The van der Waals surface area contributed by atoms with E-state index >= 15 is 0 Å². The van der Waals surface area contributed by atoms with Gasteiger partial charge in [0.1, 0.15) is 5.75 Å². The summed E-state index contributed by atoms with van der Waals surface area (Å²) in [5.41, 5.74) is 3.69. The summed E-state index contributed by atoms with van der Waals surface area (Å²) in [6.45, 7) is 6.44. The standard InChI is InChI=1S/C16H23N3O/c1-11(14-6-8-15(20-5)9-7-14)18-12(2)16-10-17-19(4)13(16)3/h6-12,18H,1-5H3. The monoisotopic (exact) mass is 273 g/mol. The third-order valence-electron chi connectivity index (χ3n) is 3.86. The summed E-state index contributed by atoms with van der Waals surface area (Å²) in [5.74, 6) is 0.886. The first-order valence-corrected chi connectivity index (χ1v) is 6.91. The number of nitrogens with one attached hydrogen (secondary N) is 1. The van der Waals surface area contributed by atoms with E-state index in [2.05, 4.69) is 43.3 Å². The fraction of sp³-hybridized carbons (Fsp3) is 0.438. The van der Waals surface area contributed by atoms with E-state index in [0.29, 0.717) is 0 Å². The van der Waals surface area contributed by atoms with E-state index in [9.17, 15) is 0 Å². The second-order valence-electron chi connectivity index (χ2n) is 5.19. The highest BCUT2D eigenvalue weighted by Gasteiger charge is 2.15. The predicted molar refractivity (Wildman–Crippen MR) is 80.9 cm³/mol. The van der Waals surface area contributed by atoms with Crippen LogP contribution in [0.25, 0.3) is 0 Å². The maximum absolute atomic E-state index is 5.19. The number of aromatic nitrogens is 2. The maximum atomic E-state index is 5.19. The van der Waals surface area contributed by atoms with Gasteiger partial charge in [-0.25, -0.2) is 0 Å². The van der Waals surface area contributed by atoms with Crippen LogP contribution in [0.1, 0.15) is 42.8 Å². The molecule has 2 atom stereocenters. The molecule has 4 heteroatoms. The van der Waals surface area contributed by atoms with Crippen LogP contribution >= 0.6 is 0 Å². The van der Waals surface area contributed by atoms with Gasteiger partial charge in [-0.3, -0.25) is 4.68 Å². The number of aryl methyl sites for hydroxylation is 1. The molecule has 0 fully saturated rings. The summed E-state index contributed by atoms with van der Waals surface area (Å²) in [7, 11) is 3.66. The average molecular weight is 273 g/mol. The summed E-state index contributed by atoms with van der Waals surface area (Å²) in [5, 5.41) is 7.91. The van der Waals surface area contributed by atoms with Gasteiger partial charge in [-0.1, -0.05) is 12.1 Å². The quantitative estimate of drug-likeness (QED) is 0.909. The van der Waals surface area contributed by atoms with E-state index < -0.39 is 0 Å². The van der Waals surface area contributed by atoms with Crippen molar-refractivity contribution in [1.82, 2.24) is 15.1 Å². The molecular formula is C16H23N3O. The van der Waals surface area contributed by atoms with Gasteiger partial charge in [0, 0.05) is 30.4 Å². The zero-order chi connectivity index (χ0) is 14.7. The van der Waals surface area contributed by atoms with Crippen molar-refractivity contribution in [3.8, 4) is 5.75 Å². The van der Waals surface area contributed by atoms with Crippen molar-refractivity contribution < 1.29 is 4.74 Å². The molecule has 1 N–H and O–H groups in total. The van der Waals surface area contributed by atoms with Crippen molar-refractivity contribution >= 4 is 0 Å². The first kappa shape index (κ1) is 14.6. The van der Waals surface area contributed by atoms with Crippen LogP contribution in [0.2, 0.25) is 0 Å². The molecule has 0 spiro atoms. The molecule has 0 aliphatic rings. The van der Waals surface area contributed by atoms with Gasteiger partial charge in [0.15, 0.2) is 0 Å². The summed E-state index contributed by atoms with van der Waals surface area (Å²) in [6.07, 6.45) is 1.94. The van der Waals surface area contributed by atoms with Crippen molar-refractivity contribution in [2.45, 2.75) is 32.9 Å². The van der Waals surface area contributed by atoms with Crippen LogP contribution < -0.4 is 10.1 Å². The zero-order valence-electron chi connectivity index (χ0n) is 12.8. The zero-order valence-corrected chi connectivity index (χ0v) is 12.8. The first-order chi connectivity index (χ1) is 9.52. The van der Waals surface area contributed by atoms with E-state index in [1.165, 1.54) is 16.8 Å². The fourth-order valence-corrected chi connectivity index (χ4v) is 2.39. The molecule has 1 aromatic carbocycles. The summed E-state index contributed by atoms with van der Waals surface area (Å²) < 4.78 is 7.09. The molecule has 108 valence electrons. The van der Waals surface area contributed by atoms with Gasteiger partial charge >= 0.3 is 0 Å². The van der Waals surface area contributed by atoms with Gasteiger partial charge < -0.3 is 10.1 Å². The lowest BCUT2D eigenvalue weighted by molar-refractivity contribution is 0.414. The fourth-order valence-electron chi connectivity index (χ4n) is 2.39. The molecule has 2 unspecified atom stereocenters. The van der Waals surface area contributed by atoms with Crippen LogP contribution in [0.4, 0.5) is 0 Å². The molecule has 2 aromatic rings. The Morgan fingerprint density at radius 2 is 1.80 bits per heavy atom. The SMILES string of the molecule is COc1ccc(C(C)NC(C)c2cnn(C)c2C)cc1. The van der Waals surface area contributed by atoms with Crippen LogP contribution in [0.15, 0.2) is 30.5 Å². The van der Waals surface area contributed by atoms with Gasteiger partial charge in [-0.15, -0.1) is 0 Å². The molecule has 0 aliphatic carbocycles. The van der Waals surface area contributed by atoms with Gasteiger partial charge in [-0.2, -0.15) is 5.10 Å². The molecule has 0 saturated heterocycles. The van der Waals surface area contributed by atoms with Crippen molar-refractivity contribution in [1.29, 1.82) is 0 Å². The van der Waals surface area contributed by atoms with E-state index in [0.717, 1.165) is 5.75 Å². The molecule has 2 rings (SSSR count). The Balaban J connectivity index is 2.06. The Morgan fingerprint density at radius 3 is 2.30 bits per heavy atom. The van der Waals surface area contributed by atoms with E-state index in [4.69, 9.17) is 4.74 Å². The van der Waals surface area contributed by atoms with Crippen LogP contribution in [0, 0.1) is 6.92 Å². The average Bonchev–Trinajstić information content (AvgIpc) is 2.79.